The molecule has 7 heteroatoms. The Balaban J connectivity index is 1.51. The Kier molecular flexibility index (Phi) is 7.29. The molecule has 0 fully saturated rings. The quantitative estimate of drug-likeness (QED) is 0.510. The standard InChI is InChI=1S/C26H27F2N3O2/c1-17(21-10-5-9-19(25(21)27)14-24(32)33-28)15-31-26(18-7-3-2-4-8-18)20-13-23-22(30-16-20)11-6-12-29-23/h2-12,17,20,26,30-31H,13-16H2,1H3/t17-,20+,26+/m0/s1. The summed E-state index contributed by atoms with van der Waals surface area (Å²) >= 11 is 0. The van der Waals surface area contributed by atoms with Crippen molar-refractivity contribution in [2.24, 2.45) is 5.92 Å². The number of hydrogen-bond acceptors (Lipinski definition) is 5. The molecule has 1 aromatic heterocycles. The summed E-state index contributed by atoms with van der Waals surface area (Å²) in [7, 11) is 0. The molecule has 0 bridgehead atoms. The first kappa shape index (κ1) is 22.9. The second-order valence-electron chi connectivity index (χ2n) is 8.49. The number of carbonyl (C=O) groups is 1. The van der Waals surface area contributed by atoms with Crippen LogP contribution < -0.4 is 10.6 Å². The Morgan fingerprint density at radius 2 is 2.00 bits per heavy atom. The number of halogens is 2. The van der Waals surface area contributed by atoms with Gasteiger partial charge in [-0.25, -0.2) is 9.18 Å². The van der Waals surface area contributed by atoms with E-state index in [1.54, 1.807) is 12.1 Å². The number of anilines is 1. The van der Waals surface area contributed by atoms with Gasteiger partial charge in [0.1, 0.15) is 5.82 Å². The minimum atomic E-state index is -1.11. The van der Waals surface area contributed by atoms with Gasteiger partial charge in [-0.1, -0.05) is 55.5 Å². The zero-order valence-corrected chi connectivity index (χ0v) is 18.4. The minimum absolute atomic E-state index is 0.0454. The van der Waals surface area contributed by atoms with Crippen molar-refractivity contribution >= 4 is 11.7 Å². The number of pyridine rings is 1. The summed E-state index contributed by atoms with van der Waals surface area (Å²) in [6.45, 7) is 3.26. The molecule has 1 aliphatic heterocycles. The lowest BCUT2D eigenvalue weighted by atomic mass is 9.86. The highest BCUT2D eigenvalue weighted by Crippen LogP contribution is 2.32. The Morgan fingerprint density at radius 3 is 2.79 bits per heavy atom. The maximum Gasteiger partial charge on any atom is 0.353 e. The van der Waals surface area contributed by atoms with Crippen molar-refractivity contribution in [2.75, 3.05) is 18.4 Å². The molecule has 1 aliphatic rings. The van der Waals surface area contributed by atoms with E-state index >= 15 is 4.39 Å². The van der Waals surface area contributed by atoms with Crippen molar-refractivity contribution in [3.63, 3.8) is 0 Å². The Bertz CT molecular complexity index is 1090. The number of rotatable bonds is 8. The largest absolute Gasteiger partial charge is 0.383 e. The topological polar surface area (TPSA) is 63.2 Å². The third kappa shape index (κ3) is 5.37. The number of nitrogens with zero attached hydrogens (tertiary/aromatic N) is 1. The predicted molar refractivity (Wildman–Crippen MR) is 123 cm³/mol. The second kappa shape index (κ2) is 10.5. The van der Waals surface area contributed by atoms with Crippen LogP contribution in [0.3, 0.4) is 0 Å². The van der Waals surface area contributed by atoms with Crippen molar-refractivity contribution in [1.82, 2.24) is 10.3 Å². The number of nitrogens with one attached hydrogen (secondary N) is 2. The fraction of sp³-hybridized carbons (Fsp3) is 0.308. The summed E-state index contributed by atoms with van der Waals surface area (Å²) in [5.74, 6) is -1.51. The molecule has 3 aromatic rings. The molecule has 33 heavy (non-hydrogen) atoms. The average molecular weight is 452 g/mol. The fourth-order valence-electron chi connectivity index (χ4n) is 4.49. The zero-order chi connectivity index (χ0) is 23.2. The Hall–Kier alpha value is -3.32. The van der Waals surface area contributed by atoms with E-state index in [4.69, 9.17) is 0 Å². The highest BCUT2D eigenvalue weighted by atomic mass is 19.3. The molecule has 0 saturated carbocycles. The van der Waals surface area contributed by atoms with E-state index in [0.29, 0.717) is 12.1 Å². The SMILES string of the molecule is C[C@@H](CN[C@H](c1ccccc1)[C@H]1CNc2cccnc2C1)c1cccc(CC(=O)OF)c1F. The number of aromatic nitrogens is 1. The van der Waals surface area contributed by atoms with E-state index in [0.717, 1.165) is 29.9 Å². The molecule has 0 amide bonds. The number of fused-ring (bicyclic) bond motifs is 1. The van der Waals surface area contributed by atoms with Crippen molar-refractivity contribution in [3.8, 4) is 0 Å². The first-order valence-electron chi connectivity index (χ1n) is 11.1. The molecular formula is C26H27F2N3O2. The highest BCUT2D eigenvalue weighted by molar-refractivity contribution is 5.72. The lowest BCUT2D eigenvalue weighted by Gasteiger charge is -2.33. The van der Waals surface area contributed by atoms with Gasteiger partial charge in [0, 0.05) is 35.8 Å². The molecule has 2 aromatic carbocycles. The van der Waals surface area contributed by atoms with Crippen LogP contribution in [-0.2, 0) is 22.6 Å². The van der Waals surface area contributed by atoms with Crippen molar-refractivity contribution in [2.45, 2.75) is 31.7 Å². The predicted octanol–water partition coefficient (Wildman–Crippen LogP) is 4.91. The van der Waals surface area contributed by atoms with Gasteiger partial charge in [-0.2, -0.15) is 0 Å². The number of carbonyl (C=O) groups excluding carboxylic acids is 1. The third-order valence-electron chi connectivity index (χ3n) is 6.23. The Labute approximate surface area is 192 Å². The molecule has 2 heterocycles. The van der Waals surface area contributed by atoms with E-state index in [2.05, 4.69) is 32.7 Å². The minimum Gasteiger partial charge on any atom is -0.383 e. The molecular weight excluding hydrogens is 424 g/mol. The van der Waals surface area contributed by atoms with Crippen LogP contribution in [0.25, 0.3) is 0 Å². The molecule has 172 valence electrons. The van der Waals surface area contributed by atoms with Crippen LogP contribution in [0, 0.1) is 11.7 Å². The lowest BCUT2D eigenvalue weighted by molar-refractivity contribution is -0.182. The molecule has 0 saturated heterocycles. The van der Waals surface area contributed by atoms with Gasteiger partial charge in [-0.3, -0.25) is 9.93 Å². The molecule has 0 radical (unpaired) electrons. The molecule has 4 rings (SSSR count). The van der Waals surface area contributed by atoms with E-state index in [9.17, 15) is 9.32 Å². The molecule has 0 unspecified atom stereocenters. The summed E-state index contributed by atoms with van der Waals surface area (Å²) < 4.78 is 27.1. The van der Waals surface area contributed by atoms with Crippen molar-refractivity contribution in [3.05, 3.63) is 95.1 Å². The normalized spacial score (nSPS) is 16.9. The van der Waals surface area contributed by atoms with Gasteiger partial charge in [0.2, 0.25) is 0 Å². The van der Waals surface area contributed by atoms with Gasteiger partial charge < -0.3 is 10.6 Å². The van der Waals surface area contributed by atoms with Crippen LogP contribution in [0.4, 0.5) is 14.6 Å². The van der Waals surface area contributed by atoms with Gasteiger partial charge in [-0.15, -0.1) is 0 Å². The summed E-state index contributed by atoms with van der Waals surface area (Å²) in [5, 5.41) is 7.13. The lowest BCUT2D eigenvalue weighted by Crippen LogP contribution is -2.37. The maximum atomic E-state index is 15.0. The second-order valence-corrected chi connectivity index (χ2v) is 8.49. The molecule has 0 aliphatic carbocycles. The summed E-state index contributed by atoms with van der Waals surface area (Å²) in [6.07, 6.45) is 2.20. The van der Waals surface area contributed by atoms with E-state index in [1.165, 1.54) is 6.07 Å². The first-order chi connectivity index (χ1) is 16.1. The third-order valence-corrected chi connectivity index (χ3v) is 6.23. The van der Waals surface area contributed by atoms with Gasteiger partial charge in [0.15, 0.2) is 0 Å². The maximum absolute atomic E-state index is 15.0. The average Bonchev–Trinajstić information content (AvgIpc) is 2.85. The zero-order valence-electron chi connectivity index (χ0n) is 18.4. The van der Waals surface area contributed by atoms with E-state index in [-0.39, 0.29) is 23.4 Å². The summed E-state index contributed by atoms with van der Waals surface area (Å²) in [5.41, 5.74) is 3.88. The monoisotopic (exact) mass is 451 g/mol. The van der Waals surface area contributed by atoms with Gasteiger partial charge in [0.25, 0.3) is 0 Å². The summed E-state index contributed by atoms with van der Waals surface area (Å²) in [6, 6.07) is 19.1. The fourth-order valence-corrected chi connectivity index (χ4v) is 4.49. The van der Waals surface area contributed by atoms with Gasteiger partial charge in [-0.05, 0) is 41.2 Å². The van der Waals surface area contributed by atoms with E-state index < -0.39 is 18.2 Å². The van der Waals surface area contributed by atoms with Crippen LogP contribution in [0.2, 0.25) is 0 Å². The Morgan fingerprint density at radius 1 is 1.18 bits per heavy atom. The van der Waals surface area contributed by atoms with Crippen LogP contribution in [0.15, 0.2) is 66.9 Å². The van der Waals surface area contributed by atoms with Crippen LogP contribution >= 0.6 is 0 Å². The van der Waals surface area contributed by atoms with Crippen LogP contribution in [-0.4, -0.2) is 24.0 Å². The number of benzene rings is 2. The van der Waals surface area contributed by atoms with Gasteiger partial charge >= 0.3 is 5.97 Å². The molecule has 2 N–H and O–H groups in total. The first-order valence-corrected chi connectivity index (χ1v) is 11.1. The van der Waals surface area contributed by atoms with Crippen LogP contribution in [0.5, 0.6) is 0 Å². The van der Waals surface area contributed by atoms with Crippen molar-refractivity contribution in [1.29, 1.82) is 0 Å². The van der Waals surface area contributed by atoms with Crippen LogP contribution in [0.1, 0.15) is 41.3 Å². The number of hydrogen-bond donors (Lipinski definition) is 2. The molecule has 0 spiro atoms. The smallest absolute Gasteiger partial charge is 0.353 e. The molecule has 3 atom stereocenters. The molecule has 5 nitrogen and oxygen atoms in total. The highest BCUT2D eigenvalue weighted by Gasteiger charge is 2.28. The van der Waals surface area contributed by atoms with Gasteiger partial charge in [0.05, 0.1) is 17.8 Å². The van der Waals surface area contributed by atoms with Crippen molar-refractivity contribution < 1.29 is 18.7 Å². The van der Waals surface area contributed by atoms with E-state index in [1.807, 2.05) is 43.5 Å². The summed E-state index contributed by atoms with van der Waals surface area (Å²) in [4.78, 5) is 19.0.